The Morgan fingerprint density at radius 2 is 1.86 bits per heavy atom. The molecule has 0 saturated heterocycles. The van der Waals surface area contributed by atoms with Crippen LogP contribution in [0.25, 0.3) is 0 Å². The normalized spacial score (nSPS) is 29.3. The highest BCUT2D eigenvalue weighted by molar-refractivity contribution is 7.52. The van der Waals surface area contributed by atoms with Crippen molar-refractivity contribution in [2.75, 3.05) is 27.5 Å². The van der Waals surface area contributed by atoms with E-state index in [4.69, 9.17) is 9.26 Å². The largest absolute Gasteiger partial charge is 0.472 e. The SMILES string of the molecule is CO[C@@H]1[C@H](OP(=O)(O)OC)[C@@H](CCP(=O)(O)OC)C[C@H]1n1ccc(=O)[nH]c1=O. The first-order chi connectivity index (χ1) is 13.0. The molecule has 2 rings (SSSR count). The molecule has 1 fully saturated rings. The zero-order valence-corrected chi connectivity index (χ0v) is 17.4. The van der Waals surface area contributed by atoms with E-state index in [2.05, 4.69) is 14.0 Å². The number of aromatic nitrogens is 2. The smallest absolute Gasteiger partial charge is 0.377 e. The van der Waals surface area contributed by atoms with E-state index in [0.29, 0.717) is 0 Å². The van der Waals surface area contributed by atoms with Crippen LogP contribution in [0.4, 0.5) is 0 Å². The molecule has 1 saturated carbocycles. The van der Waals surface area contributed by atoms with Gasteiger partial charge in [0.2, 0.25) is 0 Å². The molecule has 14 heteroatoms. The number of ether oxygens (including phenoxy) is 1. The predicted octanol–water partition coefficient (Wildman–Crippen LogP) is 0.466. The molecular formula is C14H24N2O10P2. The zero-order chi connectivity index (χ0) is 21.1. The standard InChI is InChI=1S/C14H24N2O10P2/c1-23-13-10(16-6-4-11(17)15-14(16)18)8-9(5-7-27(19,20)24-2)12(13)26-28(21,22)25-3/h4,6,9-10,12-13H,5,7-8H2,1-3H3,(H,19,20)(H,21,22)(H,15,17,18)/t9-,10+,12+,13-/m0/s1. The Balaban J connectivity index is 2.38. The molecule has 0 spiro atoms. The highest BCUT2D eigenvalue weighted by Crippen LogP contribution is 2.52. The van der Waals surface area contributed by atoms with Crippen LogP contribution in [-0.2, 0) is 27.4 Å². The van der Waals surface area contributed by atoms with Crippen molar-refractivity contribution in [3.63, 3.8) is 0 Å². The van der Waals surface area contributed by atoms with Gasteiger partial charge in [-0.05, 0) is 18.8 Å². The van der Waals surface area contributed by atoms with Crippen molar-refractivity contribution in [2.24, 2.45) is 5.92 Å². The zero-order valence-electron chi connectivity index (χ0n) is 15.6. The molecule has 0 aromatic carbocycles. The van der Waals surface area contributed by atoms with Crippen LogP contribution in [0, 0.1) is 5.92 Å². The molecule has 0 amide bonds. The second-order valence-corrected chi connectivity index (χ2v) is 9.93. The van der Waals surface area contributed by atoms with Crippen LogP contribution < -0.4 is 11.2 Å². The molecule has 28 heavy (non-hydrogen) atoms. The summed E-state index contributed by atoms with van der Waals surface area (Å²) in [5.41, 5.74) is -1.25. The lowest BCUT2D eigenvalue weighted by molar-refractivity contribution is -0.0250. The molecule has 1 aromatic heterocycles. The number of nitrogens with zero attached hydrogens (tertiary/aromatic N) is 1. The summed E-state index contributed by atoms with van der Waals surface area (Å²) in [6, 6.07) is 0.512. The van der Waals surface area contributed by atoms with Crippen LogP contribution in [-0.4, -0.2) is 59.0 Å². The van der Waals surface area contributed by atoms with Crippen molar-refractivity contribution in [3.05, 3.63) is 33.1 Å². The predicted molar refractivity (Wildman–Crippen MR) is 97.3 cm³/mol. The second kappa shape index (κ2) is 9.15. The third kappa shape index (κ3) is 5.49. The summed E-state index contributed by atoms with van der Waals surface area (Å²) in [6.45, 7) is 0. The van der Waals surface area contributed by atoms with Gasteiger partial charge in [-0.15, -0.1) is 0 Å². The number of hydrogen-bond acceptors (Lipinski definition) is 8. The van der Waals surface area contributed by atoms with Crippen LogP contribution in [0.5, 0.6) is 0 Å². The Morgan fingerprint density at radius 1 is 1.18 bits per heavy atom. The molecule has 0 aliphatic heterocycles. The third-order valence-corrected chi connectivity index (χ3v) is 7.11. The van der Waals surface area contributed by atoms with Gasteiger partial charge in [0.15, 0.2) is 0 Å². The average Bonchev–Trinajstić information content (AvgIpc) is 2.96. The molecule has 6 atom stereocenters. The first kappa shape index (κ1) is 23.2. The van der Waals surface area contributed by atoms with Crippen LogP contribution in [0.15, 0.2) is 21.9 Å². The molecule has 3 N–H and O–H groups in total. The monoisotopic (exact) mass is 442 g/mol. The number of phosphoric acid groups is 1. The van der Waals surface area contributed by atoms with Crippen LogP contribution in [0.1, 0.15) is 18.9 Å². The molecule has 160 valence electrons. The summed E-state index contributed by atoms with van der Waals surface area (Å²) in [5, 5.41) is 0. The highest BCUT2D eigenvalue weighted by Gasteiger charge is 2.49. The Labute approximate surface area is 160 Å². The fraction of sp³-hybridized carbons (Fsp3) is 0.714. The van der Waals surface area contributed by atoms with Crippen LogP contribution in [0.3, 0.4) is 0 Å². The minimum atomic E-state index is -4.41. The molecule has 1 heterocycles. The van der Waals surface area contributed by atoms with E-state index < -0.39 is 50.8 Å². The van der Waals surface area contributed by atoms with Gasteiger partial charge in [0.25, 0.3) is 5.56 Å². The Morgan fingerprint density at radius 3 is 2.39 bits per heavy atom. The van der Waals surface area contributed by atoms with E-state index >= 15 is 0 Å². The Hall–Kier alpha value is -1.10. The molecule has 1 aromatic rings. The first-order valence-corrected chi connectivity index (χ1v) is 11.6. The number of rotatable bonds is 9. The van der Waals surface area contributed by atoms with Crippen LogP contribution in [0.2, 0.25) is 0 Å². The molecule has 1 aliphatic rings. The number of hydrogen-bond donors (Lipinski definition) is 3. The summed E-state index contributed by atoms with van der Waals surface area (Å²) in [5.74, 6) is -0.528. The summed E-state index contributed by atoms with van der Waals surface area (Å²) in [7, 11) is -4.78. The van der Waals surface area contributed by atoms with Crippen molar-refractivity contribution in [1.82, 2.24) is 9.55 Å². The highest BCUT2D eigenvalue weighted by atomic mass is 31.2. The van der Waals surface area contributed by atoms with Crippen molar-refractivity contribution < 1.29 is 37.2 Å². The van der Waals surface area contributed by atoms with Gasteiger partial charge < -0.3 is 19.0 Å². The van der Waals surface area contributed by atoms with Crippen LogP contribution >= 0.6 is 15.4 Å². The van der Waals surface area contributed by atoms with Gasteiger partial charge in [-0.25, -0.2) is 9.36 Å². The van der Waals surface area contributed by atoms with E-state index in [1.807, 2.05) is 0 Å². The van der Waals surface area contributed by atoms with Gasteiger partial charge in [0.05, 0.1) is 12.2 Å². The lowest BCUT2D eigenvalue weighted by Crippen LogP contribution is -2.38. The van der Waals surface area contributed by atoms with Gasteiger partial charge in [0, 0.05) is 33.6 Å². The number of phosphoric ester groups is 1. The lowest BCUT2D eigenvalue weighted by Gasteiger charge is -2.27. The quantitative estimate of drug-likeness (QED) is 0.457. The van der Waals surface area contributed by atoms with Gasteiger partial charge in [-0.3, -0.25) is 28.0 Å². The van der Waals surface area contributed by atoms with Gasteiger partial charge in [-0.1, -0.05) is 0 Å². The molecule has 0 radical (unpaired) electrons. The lowest BCUT2D eigenvalue weighted by atomic mass is 10.0. The Kier molecular flexibility index (Phi) is 7.57. The maximum Gasteiger partial charge on any atom is 0.472 e. The minimum Gasteiger partial charge on any atom is -0.377 e. The minimum absolute atomic E-state index is 0.102. The second-order valence-electron chi connectivity index (χ2n) is 6.33. The van der Waals surface area contributed by atoms with Crippen molar-refractivity contribution in [1.29, 1.82) is 0 Å². The van der Waals surface area contributed by atoms with E-state index in [1.54, 1.807) is 0 Å². The summed E-state index contributed by atoms with van der Waals surface area (Å²) < 4.78 is 44.7. The maximum atomic E-state index is 12.2. The third-order valence-electron chi connectivity index (χ3n) is 4.75. The summed E-state index contributed by atoms with van der Waals surface area (Å²) in [6.07, 6.45) is -0.475. The number of aromatic amines is 1. The number of nitrogens with one attached hydrogen (secondary N) is 1. The van der Waals surface area contributed by atoms with Gasteiger partial charge >= 0.3 is 21.1 Å². The van der Waals surface area contributed by atoms with Crippen molar-refractivity contribution in [2.45, 2.75) is 31.1 Å². The average molecular weight is 442 g/mol. The molecular weight excluding hydrogens is 418 g/mol. The maximum absolute atomic E-state index is 12.2. The first-order valence-electron chi connectivity index (χ1n) is 8.32. The fourth-order valence-electron chi connectivity index (χ4n) is 3.36. The van der Waals surface area contributed by atoms with Crippen molar-refractivity contribution in [3.8, 4) is 0 Å². The topological polar surface area (TPSA) is 166 Å². The molecule has 0 bridgehead atoms. The Bertz CT molecular complexity index is 883. The van der Waals surface area contributed by atoms with E-state index in [0.717, 1.165) is 20.3 Å². The van der Waals surface area contributed by atoms with E-state index in [9.17, 15) is 28.5 Å². The molecule has 12 nitrogen and oxygen atoms in total. The van der Waals surface area contributed by atoms with E-state index in [-0.39, 0.29) is 19.0 Å². The number of methoxy groups -OCH3 is 1. The van der Waals surface area contributed by atoms with E-state index in [1.165, 1.54) is 17.9 Å². The van der Waals surface area contributed by atoms with Gasteiger partial charge in [0.1, 0.15) is 12.2 Å². The fourth-order valence-corrected chi connectivity index (χ4v) is 4.89. The summed E-state index contributed by atoms with van der Waals surface area (Å²) in [4.78, 5) is 45.1. The number of H-pyrrole nitrogens is 1. The summed E-state index contributed by atoms with van der Waals surface area (Å²) >= 11 is 0. The van der Waals surface area contributed by atoms with Gasteiger partial charge in [-0.2, -0.15) is 0 Å². The molecule has 1 aliphatic carbocycles. The van der Waals surface area contributed by atoms with Crippen molar-refractivity contribution >= 4 is 15.4 Å². The molecule has 2 unspecified atom stereocenters.